The minimum absolute atomic E-state index is 0.0708. The first kappa shape index (κ1) is 17.2. The predicted octanol–water partition coefficient (Wildman–Crippen LogP) is 4.30. The van der Waals surface area contributed by atoms with Crippen LogP contribution in [0.4, 0.5) is 4.39 Å². The molecule has 0 saturated heterocycles. The maximum atomic E-state index is 13.5. The largest absolute Gasteiger partial charge is 0.507 e. The zero-order valence-corrected chi connectivity index (χ0v) is 15.5. The van der Waals surface area contributed by atoms with E-state index in [0.717, 1.165) is 28.6 Å². The number of carbonyl (C=O) groups is 1. The third-order valence-electron chi connectivity index (χ3n) is 6.13. The van der Waals surface area contributed by atoms with E-state index in [0.29, 0.717) is 24.5 Å². The lowest BCUT2D eigenvalue weighted by molar-refractivity contribution is 0.0748. The fourth-order valence-corrected chi connectivity index (χ4v) is 4.61. The van der Waals surface area contributed by atoms with Gasteiger partial charge in [0.25, 0.3) is 5.91 Å². The van der Waals surface area contributed by atoms with E-state index in [1.54, 1.807) is 23.1 Å². The Balaban J connectivity index is 1.45. The number of amides is 1. The molecule has 144 valence electrons. The zero-order chi connectivity index (χ0) is 19.3. The highest BCUT2D eigenvalue weighted by atomic mass is 19.1. The molecule has 1 aliphatic heterocycles. The summed E-state index contributed by atoms with van der Waals surface area (Å²) >= 11 is 0. The molecule has 5 nitrogen and oxygen atoms in total. The molecule has 0 unspecified atom stereocenters. The lowest BCUT2D eigenvalue weighted by atomic mass is 9.99. The normalized spacial score (nSPS) is 16.8. The Hall–Kier alpha value is -2.89. The second-order valence-electron chi connectivity index (χ2n) is 8.02. The van der Waals surface area contributed by atoms with Crippen molar-refractivity contribution < 1.29 is 14.3 Å². The number of nitrogens with one attached hydrogen (secondary N) is 1. The first-order valence-electron chi connectivity index (χ1n) is 9.85. The van der Waals surface area contributed by atoms with E-state index in [-0.39, 0.29) is 23.0 Å². The van der Waals surface area contributed by atoms with Gasteiger partial charge in [-0.2, -0.15) is 5.10 Å². The number of fused-ring (bicyclic) bond motifs is 2. The molecule has 1 aliphatic carbocycles. The van der Waals surface area contributed by atoms with Gasteiger partial charge in [0.15, 0.2) is 0 Å². The SMILES string of the molecule is O=C(c1cc2c(CC3CCCC3)[nH]nc2cc1O)N1Cc2ccc(F)cc2C1. The van der Waals surface area contributed by atoms with Crippen LogP contribution in [-0.2, 0) is 19.5 Å². The number of carbonyl (C=O) groups excluding carboxylic acids is 1. The van der Waals surface area contributed by atoms with Gasteiger partial charge in [-0.05, 0) is 41.7 Å². The summed E-state index contributed by atoms with van der Waals surface area (Å²) in [4.78, 5) is 14.7. The van der Waals surface area contributed by atoms with Gasteiger partial charge in [-0.25, -0.2) is 4.39 Å². The molecule has 2 heterocycles. The number of aromatic nitrogens is 2. The molecule has 0 atom stereocenters. The fraction of sp³-hybridized carbons (Fsp3) is 0.364. The molecule has 28 heavy (non-hydrogen) atoms. The molecule has 0 spiro atoms. The van der Waals surface area contributed by atoms with Gasteiger partial charge in [0.1, 0.15) is 11.6 Å². The van der Waals surface area contributed by atoms with Crippen molar-refractivity contribution in [3.8, 4) is 5.75 Å². The molecule has 0 bridgehead atoms. The summed E-state index contributed by atoms with van der Waals surface area (Å²) in [6, 6.07) is 7.92. The summed E-state index contributed by atoms with van der Waals surface area (Å²) in [5.41, 5.74) is 3.74. The Morgan fingerprint density at radius 1 is 1.18 bits per heavy atom. The predicted molar refractivity (Wildman–Crippen MR) is 103 cm³/mol. The summed E-state index contributed by atoms with van der Waals surface area (Å²) in [5, 5.41) is 18.7. The second-order valence-corrected chi connectivity index (χ2v) is 8.02. The Kier molecular flexibility index (Phi) is 4.07. The van der Waals surface area contributed by atoms with Gasteiger partial charge in [0.2, 0.25) is 0 Å². The summed E-state index contributed by atoms with van der Waals surface area (Å²) in [7, 11) is 0. The Bertz CT molecular complexity index is 1070. The third kappa shape index (κ3) is 2.93. The number of hydrogen-bond donors (Lipinski definition) is 2. The van der Waals surface area contributed by atoms with E-state index in [9.17, 15) is 14.3 Å². The van der Waals surface area contributed by atoms with Crippen LogP contribution in [0.2, 0.25) is 0 Å². The van der Waals surface area contributed by atoms with Gasteiger partial charge in [0, 0.05) is 30.2 Å². The first-order valence-corrected chi connectivity index (χ1v) is 9.85. The Morgan fingerprint density at radius 2 is 1.96 bits per heavy atom. The van der Waals surface area contributed by atoms with Gasteiger partial charge in [0.05, 0.1) is 11.1 Å². The highest BCUT2D eigenvalue weighted by Crippen LogP contribution is 2.33. The summed E-state index contributed by atoms with van der Waals surface area (Å²) in [6.07, 6.45) is 5.93. The average Bonchev–Trinajstić information content (AvgIpc) is 3.41. The minimum atomic E-state index is -0.299. The van der Waals surface area contributed by atoms with Gasteiger partial charge < -0.3 is 10.0 Å². The number of rotatable bonds is 3. The lowest BCUT2D eigenvalue weighted by Crippen LogP contribution is -2.25. The smallest absolute Gasteiger partial charge is 0.258 e. The van der Waals surface area contributed by atoms with Crippen LogP contribution >= 0.6 is 0 Å². The molecule has 2 N–H and O–H groups in total. The van der Waals surface area contributed by atoms with Gasteiger partial charge in [-0.3, -0.25) is 9.89 Å². The van der Waals surface area contributed by atoms with Crippen molar-refractivity contribution in [2.75, 3.05) is 0 Å². The van der Waals surface area contributed by atoms with Crippen LogP contribution in [0.3, 0.4) is 0 Å². The van der Waals surface area contributed by atoms with Crippen molar-refractivity contribution in [2.24, 2.45) is 5.92 Å². The molecule has 1 aromatic heterocycles. The monoisotopic (exact) mass is 379 g/mol. The Morgan fingerprint density at radius 3 is 2.79 bits per heavy atom. The third-order valence-corrected chi connectivity index (χ3v) is 6.13. The Labute approximate surface area is 162 Å². The lowest BCUT2D eigenvalue weighted by Gasteiger charge is -2.16. The van der Waals surface area contributed by atoms with Crippen molar-refractivity contribution in [1.29, 1.82) is 0 Å². The standard InChI is InChI=1S/C22H22FN3O2/c23-16-6-5-14-11-26(12-15(14)8-16)22(28)18-9-17-19(7-13-3-1-2-4-13)24-25-20(17)10-21(18)27/h5-6,8-10,13,27H,1-4,7,11-12H2,(H,24,25). The van der Waals surface area contributed by atoms with E-state index in [1.807, 2.05) is 0 Å². The molecule has 5 rings (SSSR count). The molecule has 1 amide bonds. The molecular weight excluding hydrogens is 357 g/mol. The maximum absolute atomic E-state index is 13.5. The fourth-order valence-electron chi connectivity index (χ4n) is 4.61. The number of phenolic OH excluding ortho intramolecular Hbond substituents is 1. The maximum Gasteiger partial charge on any atom is 0.258 e. The highest BCUT2D eigenvalue weighted by Gasteiger charge is 2.27. The van der Waals surface area contributed by atoms with Crippen LogP contribution in [0.1, 0.15) is 52.9 Å². The number of H-pyrrole nitrogens is 1. The molecular formula is C22H22FN3O2. The van der Waals surface area contributed by atoms with Crippen LogP contribution in [0, 0.1) is 11.7 Å². The molecule has 6 heteroatoms. The van der Waals surface area contributed by atoms with E-state index < -0.39 is 0 Å². The van der Waals surface area contributed by atoms with Crippen LogP contribution in [0.25, 0.3) is 10.9 Å². The van der Waals surface area contributed by atoms with E-state index in [1.165, 1.54) is 37.8 Å². The van der Waals surface area contributed by atoms with Crippen molar-refractivity contribution in [1.82, 2.24) is 15.1 Å². The number of hydrogen-bond acceptors (Lipinski definition) is 3. The number of benzene rings is 2. The number of nitrogens with zero attached hydrogens (tertiary/aromatic N) is 2. The first-order chi connectivity index (χ1) is 13.6. The van der Waals surface area contributed by atoms with Gasteiger partial charge in [-0.1, -0.05) is 31.7 Å². The van der Waals surface area contributed by atoms with Crippen molar-refractivity contribution in [2.45, 2.75) is 45.2 Å². The summed E-state index contributed by atoms with van der Waals surface area (Å²) in [5.74, 6) is 0.0365. The number of halogens is 1. The van der Waals surface area contributed by atoms with Gasteiger partial charge >= 0.3 is 0 Å². The van der Waals surface area contributed by atoms with Crippen molar-refractivity contribution in [3.63, 3.8) is 0 Å². The number of phenols is 1. The summed E-state index contributed by atoms with van der Waals surface area (Å²) in [6.45, 7) is 0.774. The van der Waals surface area contributed by atoms with Crippen LogP contribution in [0.5, 0.6) is 5.75 Å². The number of aromatic amines is 1. The molecule has 1 saturated carbocycles. The quantitative estimate of drug-likeness (QED) is 0.713. The molecule has 1 fully saturated rings. The van der Waals surface area contributed by atoms with E-state index in [4.69, 9.17) is 0 Å². The van der Waals surface area contributed by atoms with Crippen LogP contribution < -0.4 is 0 Å². The second kappa shape index (κ2) is 6.62. The topological polar surface area (TPSA) is 69.2 Å². The van der Waals surface area contributed by atoms with E-state index in [2.05, 4.69) is 10.2 Å². The minimum Gasteiger partial charge on any atom is -0.507 e. The van der Waals surface area contributed by atoms with Crippen molar-refractivity contribution >= 4 is 16.8 Å². The molecule has 0 radical (unpaired) electrons. The number of aromatic hydroxyl groups is 1. The van der Waals surface area contributed by atoms with Crippen LogP contribution in [-0.4, -0.2) is 26.1 Å². The average molecular weight is 379 g/mol. The highest BCUT2D eigenvalue weighted by molar-refractivity contribution is 6.01. The molecule has 2 aromatic carbocycles. The molecule has 3 aromatic rings. The summed E-state index contributed by atoms with van der Waals surface area (Å²) < 4.78 is 13.5. The van der Waals surface area contributed by atoms with E-state index >= 15 is 0 Å². The van der Waals surface area contributed by atoms with Crippen LogP contribution in [0.15, 0.2) is 30.3 Å². The zero-order valence-electron chi connectivity index (χ0n) is 15.5. The van der Waals surface area contributed by atoms with Crippen molar-refractivity contribution in [3.05, 3.63) is 58.5 Å². The van der Waals surface area contributed by atoms with Gasteiger partial charge in [-0.15, -0.1) is 0 Å². The molecule has 2 aliphatic rings.